The fourth-order valence-corrected chi connectivity index (χ4v) is 3.05. The van der Waals surface area contributed by atoms with Gasteiger partial charge in [0, 0.05) is 12.1 Å². The predicted octanol–water partition coefficient (Wildman–Crippen LogP) is 4.94. The maximum Gasteiger partial charge on any atom is 0.270 e. The largest absolute Gasteiger partial charge is 0.270 e. The van der Waals surface area contributed by atoms with Crippen molar-refractivity contribution in [2.45, 2.75) is 13.3 Å². The molecular weight excluding hydrogens is 296 g/mol. The third-order valence-electron chi connectivity index (χ3n) is 3.41. The molecule has 0 atom stereocenters. The number of hydrogen-bond donors (Lipinski definition) is 0. The van der Waals surface area contributed by atoms with E-state index in [0.29, 0.717) is 0 Å². The molecular formula is C17H14N2O2S. The maximum absolute atomic E-state index is 10.8. The minimum Gasteiger partial charge on any atom is -0.258 e. The Kier molecular flexibility index (Phi) is 3.98. The van der Waals surface area contributed by atoms with Gasteiger partial charge in [-0.1, -0.05) is 37.3 Å². The summed E-state index contributed by atoms with van der Waals surface area (Å²) in [4.78, 5) is 14.9. The van der Waals surface area contributed by atoms with Gasteiger partial charge < -0.3 is 0 Å². The number of hydrogen-bond acceptors (Lipinski definition) is 4. The van der Waals surface area contributed by atoms with Gasteiger partial charge in [0.05, 0.1) is 15.1 Å². The molecule has 0 spiro atoms. The van der Waals surface area contributed by atoms with Crippen LogP contribution in [0, 0.1) is 10.1 Å². The minimum absolute atomic E-state index is 0.0989. The first-order valence-corrected chi connectivity index (χ1v) is 7.79. The highest BCUT2D eigenvalue weighted by Crippen LogP contribution is 2.27. The first-order chi connectivity index (χ1) is 10.7. The fourth-order valence-electron chi connectivity index (χ4n) is 2.15. The van der Waals surface area contributed by atoms with Gasteiger partial charge >= 0.3 is 0 Å². The van der Waals surface area contributed by atoms with Crippen LogP contribution in [0.5, 0.6) is 0 Å². The number of benzene rings is 2. The highest BCUT2D eigenvalue weighted by molar-refractivity contribution is 7.19. The fraction of sp³-hybridized carbons (Fsp3) is 0.118. The molecule has 0 fully saturated rings. The van der Waals surface area contributed by atoms with Crippen molar-refractivity contribution in [3.63, 3.8) is 0 Å². The summed E-state index contributed by atoms with van der Waals surface area (Å²) in [5.41, 5.74) is 3.31. The number of nitrogens with zero attached hydrogens (tertiary/aromatic N) is 2. The number of fused-ring (bicyclic) bond motifs is 1. The van der Waals surface area contributed by atoms with Gasteiger partial charge in [-0.15, -0.1) is 11.3 Å². The molecule has 0 aliphatic rings. The third kappa shape index (κ3) is 3.04. The van der Waals surface area contributed by atoms with Crippen LogP contribution in [-0.2, 0) is 6.42 Å². The summed E-state index contributed by atoms with van der Waals surface area (Å²) in [5, 5.41) is 11.6. The zero-order valence-electron chi connectivity index (χ0n) is 12.0. The normalized spacial score (nSPS) is 11.3. The number of non-ortho nitro benzene ring substituents is 1. The summed E-state index contributed by atoms with van der Waals surface area (Å²) < 4.78 is 0.829. The number of nitro groups is 1. The highest BCUT2D eigenvalue weighted by atomic mass is 32.1. The first-order valence-electron chi connectivity index (χ1n) is 6.97. The average molecular weight is 310 g/mol. The van der Waals surface area contributed by atoms with Crippen molar-refractivity contribution in [1.29, 1.82) is 0 Å². The van der Waals surface area contributed by atoms with Gasteiger partial charge in [-0.3, -0.25) is 10.1 Å². The van der Waals surface area contributed by atoms with Crippen LogP contribution in [0.4, 0.5) is 5.69 Å². The standard InChI is InChI=1S/C17H14N2O2S/c1-2-12-3-5-13(6-4-12)7-10-17-18-15-9-8-14(19(20)21)11-16(15)22-17/h3-11H,2H2,1H3. The molecule has 0 amide bonds. The molecule has 1 heterocycles. The van der Waals surface area contributed by atoms with Crippen LogP contribution in [0.15, 0.2) is 42.5 Å². The van der Waals surface area contributed by atoms with Crippen LogP contribution in [-0.4, -0.2) is 9.91 Å². The van der Waals surface area contributed by atoms with Gasteiger partial charge in [-0.25, -0.2) is 4.98 Å². The van der Waals surface area contributed by atoms with Gasteiger partial charge in [0.15, 0.2) is 0 Å². The van der Waals surface area contributed by atoms with Crippen molar-refractivity contribution < 1.29 is 4.92 Å². The van der Waals surface area contributed by atoms with Gasteiger partial charge in [0.25, 0.3) is 5.69 Å². The Bertz CT molecular complexity index is 851. The van der Waals surface area contributed by atoms with E-state index in [4.69, 9.17) is 0 Å². The number of rotatable bonds is 4. The smallest absolute Gasteiger partial charge is 0.258 e. The molecule has 0 N–H and O–H groups in total. The van der Waals surface area contributed by atoms with E-state index in [0.717, 1.165) is 27.2 Å². The van der Waals surface area contributed by atoms with Gasteiger partial charge in [0.1, 0.15) is 5.01 Å². The maximum atomic E-state index is 10.8. The summed E-state index contributed by atoms with van der Waals surface area (Å²) in [6, 6.07) is 13.1. The van der Waals surface area contributed by atoms with Crippen LogP contribution in [0.25, 0.3) is 22.4 Å². The van der Waals surface area contributed by atoms with Gasteiger partial charge in [0.2, 0.25) is 0 Å². The van der Waals surface area contributed by atoms with Crippen molar-refractivity contribution >= 4 is 39.4 Å². The van der Waals surface area contributed by atoms with Crippen LogP contribution >= 0.6 is 11.3 Å². The van der Waals surface area contributed by atoms with E-state index < -0.39 is 0 Å². The molecule has 5 heteroatoms. The molecule has 0 bridgehead atoms. The van der Waals surface area contributed by atoms with E-state index in [-0.39, 0.29) is 10.6 Å². The second-order valence-electron chi connectivity index (χ2n) is 4.89. The Morgan fingerprint density at radius 3 is 2.64 bits per heavy atom. The topological polar surface area (TPSA) is 56.0 Å². The van der Waals surface area contributed by atoms with Gasteiger partial charge in [-0.2, -0.15) is 0 Å². The molecule has 110 valence electrons. The Labute approximate surface area is 131 Å². The lowest BCUT2D eigenvalue weighted by atomic mass is 10.1. The van der Waals surface area contributed by atoms with E-state index in [2.05, 4.69) is 36.2 Å². The summed E-state index contributed by atoms with van der Waals surface area (Å²) in [6.07, 6.45) is 4.98. The quantitative estimate of drug-likeness (QED) is 0.506. The third-order valence-corrected chi connectivity index (χ3v) is 4.39. The number of thiazole rings is 1. The van der Waals surface area contributed by atoms with Crippen LogP contribution < -0.4 is 0 Å². The number of aryl methyl sites for hydroxylation is 1. The Balaban J connectivity index is 1.86. The number of aromatic nitrogens is 1. The summed E-state index contributed by atoms with van der Waals surface area (Å²) in [6.45, 7) is 2.13. The van der Waals surface area contributed by atoms with Crippen molar-refractivity contribution in [2.24, 2.45) is 0 Å². The van der Waals surface area contributed by atoms with Crippen molar-refractivity contribution in [1.82, 2.24) is 4.98 Å². The van der Waals surface area contributed by atoms with E-state index in [1.165, 1.54) is 23.0 Å². The predicted molar refractivity (Wildman–Crippen MR) is 91.0 cm³/mol. The highest BCUT2D eigenvalue weighted by Gasteiger charge is 2.09. The summed E-state index contributed by atoms with van der Waals surface area (Å²) in [7, 11) is 0. The SMILES string of the molecule is CCc1ccc(C=Cc2nc3ccc([N+](=O)[O-])cc3s2)cc1. The molecule has 4 nitrogen and oxygen atoms in total. The second-order valence-corrected chi connectivity index (χ2v) is 5.95. The Morgan fingerprint density at radius 2 is 1.95 bits per heavy atom. The molecule has 0 saturated carbocycles. The average Bonchev–Trinajstić information content (AvgIpc) is 2.95. The monoisotopic (exact) mass is 310 g/mol. The molecule has 2 aromatic carbocycles. The zero-order chi connectivity index (χ0) is 15.5. The molecule has 3 aromatic rings. The van der Waals surface area contributed by atoms with Crippen LogP contribution in [0.2, 0.25) is 0 Å². The molecule has 0 aliphatic heterocycles. The molecule has 0 radical (unpaired) electrons. The first kappa shape index (κ1) is 14.4. The van der Waals surface area contributed by atoms with Crippen LogP contribution in [0.1, 0.15) is 23.1 Å². The molecule has 3 rings (SSSR count). The minimum atomic E-state index is -0.385. The van der Waals surface area contributed by atoms with Crippen molar-refractivity contribution in [3.8, 4) is 0 Å². The summed E-state index contributed by atoms with van der Waals surface area (Å²) >= 11 is 1.45. The van der Waals surface area contributed by atoms with Crippen molar-refractivity contribution in [2.75, 3.05) is 0 Å². The zero-order valence-corrected chi connectivity index (χ0v) is 12.8. The Morgan fingerprint density at radius 1 is 1.18 bits per heavy atom. The molecule has 1 aromatic heterocycles. The summed E-state index contributed by atoms with van der Waals surface area (Å²) in [5.74, 6) is 0. The molecule has 0 unspecified atom stereocenters. The van der Waals surface area contributed by atoms with E-state index in [9.17, 15) is 10.1 Å². The van der Waals surface area contributed by atoms with Gasteiger partial charge in [-0.05, 0) is 29.7 Å². The lowest BCUT2D eigenvalue weighted by Gasteiger charge is -1.96. The molecule has 22 heavy (non-hydrogen) atoms. The number of nitro benzene ring substituents is 1. The van der Waals surface area contributed by atoms with Crippen LogP contribution in [0.3, 0.4) is 0 Å². The molecule has 0 saturated heterocycles. The Hall–Kier alpha value is -2.53. The lowest BCUT2D eigenvalue weighted by Crippen LogP contribution is -1.85. The molecule has 0 aliphatic carbocycles. The lowest BCUT2D eigenvalue weighted by molar-refractivity contribution is -0.384. The van der Waals surface area contributed by atoms with E-state index >= 15 is 0 Å². The van der Waals surface area contributed by atoms with E-state index in [1.807, 2.05) is 12.2 Å². The van der Waals surface area contributed by atoms with E-state index in [1.54, 1.807) is 12.1 Å². The van der Waals surface area contributed by atoms with Crippen molar-refractivity contribution in [3.05, 3.63) is 68.7 Å². The second kappa shape index (κ2) is 6.07.